The van der Waals surface area contributed by atoms with Crippen LogP contribution in [-0.2, 0) is 4.79 Å². The normalized spacial score (nSPS) is 13.9. The van der Waals surface area contributed by atoms with Gasteiger partial charge in [0.05, 0.1) is 17.7 Å². The highest BCUT2D eigenvalue weighted by atomic mass is 19.1. The lowest BCUT2D eigenvalue weighted by Gasteiger charge is -2.22. The van der Waals surface area contributed by atoms with Crippen LogP contribution in [0.4, 0.5) is 8.78 Å². The molecule has 0 bridgehead atoms. The number of nitrogens with one attached hydrogen (secondary N) is 1. The summed E-state index contributed by atoms with van der Waals surface area (Å²) in [5, 5.41) is 12.6. The molecule has 0 radical (unpaired) electrons. The highest BCUT2D eigenvalue weighted by Crippen LogP contribution is 2.20. The number of likely N-dealkylation sites (N-methyl/N-ethyl adjacent to an activating group) is 1. The van der Waals surface area contributed by atoms with E-state index in [0.717, 1.165) is 12.1 Å². The molecule has 0 fully saturated rings. The number of benzene rings is 1. The first-order chi connectivity index (χ1) is 9.38. The molecule has 0 saturated carbocycles. The molecule has 0 spiro atoms. The van der Waals surface area contributed by atoms with E-state index in [9.17, 15) is 18.7 Å². The second-order valence-corrected chi connectivity index (χ2v) is 4.63. The smallest absolute Gasteiger partial charge is 0.239 e. The van der Waals surface area contributed by atoms with Gasteiger partial charge in [0.25, 0.3) is 0 Å². The fourth-order valence-electron chi connectivity index (χ4n) is 1.79. The van der Waals surface area contributed by atoms with Crippen LogP contribution in [0.5, 0.6) is 0 Å². The number of hydrogen-bond acceptors (Lipinski definition) is 3. The molecule has 4 nitrogen and oxygen atoms in total. The highest BCUT2D eigenvalue weighted by Gasteiger charge is 2.21. The Kier molecular flexibility index (Phi) is 6.04. The van der Waals surface area contributed by atoms with Crippen molar-refractivity contribution in [1.29, 1.82) is 0 Å². The molecule has 6 heteroatoms. The van der Waals surface area contributed by atoms with Crippen molar-refractivity contribution in [3.05, 3.63) is 35.4 Å². The maximum absolute atomic E-state index is 13.5. The van der Waals surface area contributed by atoms with E-state index in [2.05, 4.69) is 5.32 Å². The summed E-state index contributed by atoms with van der Waals surface area (Å²) in [5.74, 6) is -1.75. The van der Waals surface area contributed by atoms with Crippen molar-refractivity contribution in [2.75, 3.05) is 20.1 Å². The molecule has 1 rings (SSSR count). The largest absolute Gasteiger partial charge is 0.387 e. The molecule has 1 aromatic carbocycles. The molecule has 112 valence electrons. The van der Waals surface area contributed by atoms with Crippen molar-refractivity contribution < 1.29 is 18.7 Å². The summed E-state index contributed by atoms with van der Waals surface area (Å²) >= 11 is 0. The SMILES string of the molecule is CCN(C)C(=O)C(C)NCC(O)c1c(F)cccc1F. The van der Waals surface area contributed by atoms with E-state index in [1.165, 1.54) is 11.0 Å². The van der Waals surface area contributed by atoms with Crippen molar-refractivity contribution in [1.82, 2.24) is 10.2 Å². The van der Waals surface area contributed by atoms with Crippen LogP contribution in [0.2, 0.25) is 0 Å². The maximum atomic E-state index is 13.5. The number of amides is 1. The minimum Gasteiger partial charge on any atom is -0.387 e. The zero-order chi connectivity index (χ0) is 15.3. The first-order valence-corrected chi connectivity index (χ1v) is 6.48. The molecular weight excluding hydrogens is 266 g/mol. The summed E-state index contributed by atoms with van der Waals surface area (Å²) in [6.45, 7) is 3.94. The number of nitrogens with zero attached hydrogens (tertiary/aromatic N) is 1. The van der Waals surface area contributed by atoms with Gasteiger partial charge in [-0.25, -0.2) is 8.78 Å². The Bertz CT molecular complexity index is 448. The molecule has 0 saturated heterocycles. The monoisotopic (exact) mass is 286 g/mol. The van der Waals surface area contributed by atoms with Gasteiger partial charge in [0.2, 0.25) is 5.91 Å². The van der Waals surface area contributed by atoms with E-state index < -0.39 is 23.8 Å². The maximum Gasteiger partial charge on any atom is 0.239 e. The third-order valence-electron chi connectivity index (χ3n) is 3.17. The van der Waals surface area contributed by atoms with Gasteiger partial charge in [-0.1, -0.05) is 6.07 Å². The fraction of sp³-hybridized carbons (Fsp3) is 0.500. The summed E-state index contributed by atoms with van der Waals surface area (Å²) in [7, 11) is 1.66. The molecule has 20 heavy (non-hydrogen) atoms. The van der Waals surface area contributed by atoms with E-state index in [1.54, 1.807) is 14.0 Å². The molecule has 0 heterocycles. The Morgan fingerprint density at radius 1 is 1.40 bits per heavy atom. The number of hydrogen-bond donors (Lipinski definition) is 2. The predicted molar refractivity (Wildman–Crippen MR) is 72.1 cm³/mol. The number of rotatable bonds is 6. The summed E-state index contributed by atoms with van der Waals surface area (Å²) in [4.78, 5) is 13.3. The molecule has 2 unspecified atom stereocenters. The van der Waals surface area contributed by atoms with Gasteiger partial charge in [0.1, 0.15) is 11.6 Å². The van der Waals surface area contributed by atoms with Gasteiger partial charge in [0.15, 0.2) is 0 Å². The van der Waals surface area contributed by atoms with Gasteiger partial charge in [-0.3, -0.25) is 4.79 Å². The summed E-state index contributed by atoms with van der Waals surface area (Å²) < 4.78 is 26.9. The summed E-state index contributed by atoms with van der Waals surface area (Å²) in [6, 6.07) is 2.86. The Balaban J connectivity index is 2.64. The Morgan fingerprint density at radius 2 is 1.95 bits per heavy atom. The topological polar surface area (TPSA) is 52.6 Å². The first kappa shape index (κ1) is 16.5. The highest BCUT2D eigenvalue weighted by molar-refractivity contribution is 5.81. The van der Waals surface area contributed by atoms with E-state index in [1.807, 2.05) is 6.92 Å². The average molecular weight is 286 g/mol. The van der Waals surface area contributed by atoms with Crippen LogP contribution in [0, 0.1) is 11.6 Å². The minimum atomic E-state index is -1.35. The van der Waals surface area contributed by atoms with Crippen LogP contribution in [-0.4, -0.2) is 42.1 Å². The molecule has 2 N–H and O–H groups in total. The van der Waals surface area contributed by atoms with Gasteiger partial charge in [-0.15, -0.1) is 0 Å². The zero-order valence-electron chi connectivity index (χ0n) is 11.9. The number of aliphatic hydroxyl groups excluding tert-OH is 1. The molecular formula is C14H20F2N2O2. The van der Waals surface area contributed by atoms with Crippen molar-refractivity contribution in [2.45, 2.75) is 26.0 Å². The third-order valence-corrected chi connectivity index (χ3v) is 3.17. The number of halogens is 2. The second kappa shape index (κ2) is 7.31. The van der Waals surface area contributed by atoms with Crippen LogP contribution < -0.4 is 5.32 Å². The molecule has 1 amide bonds. The zero-order valence-corrected chi connectivity index (χ0v) is 11.9. The lowest BCUT2D eigenvalue weighted by molar-refractivity contribution is -0.131. The van der Waals surface area contributed by atoms with E-state index in [4.69, 9.17) is 0 Å². The Labute approximate surface area is 117 Å². The van der Waals surface area contributed by atoms with Gasteiger partial charge in [-0.05, 0) is 26.0 Å². The molecule has 2 atom stereocenters. The van der Waals surface area contributed by atoms with Crippen molar-refractivity contribution in [3.8, 4) is 0 Å². The van der Waals surface area contributed by atoms with Crippen LogP contribution in [0.15, 0.2) is 18.2 Å². The summed E-state index contributed by atoms with van der Waals surface area (Å²) in [5.41, 5.74) is -0.386. The lowest BCUT2D eigenvalue weighted by Crippen LogP contribution is -2.44. The second-order valence-electron chi connectivity index (χ2n) is 4.63. The fourth-order valence-corrected chi connectivity index (χ4v) is 1.79. The Morgan fingerprint density at radius 3 is 2.45 bits per heavy atom. The quantitative estimate of drug-likeness (QED) is 0.832. The van der Waals surface area contributed by atoms with Gasteiger partial charge < -0.3 is 15.3 Å². The minimum absolute atomic E-state index is 0.109. The van der Waals surface area contributed by atoms with Crippen LogP contribution in [0.1, 0.15) is 25.5 Å². The molecule has 0 aliphatic heterocycles. The number of carbonyl (C=O) groups is 1. The Hall–Kier alpha value is -1.53. The average Bonchev–Trinajstić information content (AvgIpc) is 2.42. The standard InChI is InChI=1S/C14H20F2N2O2/c1-4-18(3)14(20)9(2)17-8-12(19)13-10(15)6-5-7-11(13)16/h5-7,9,12,17,19H,4,8H2,1-3H3. The van der Waals surface area contributed by atoms with Gasteiger partial charge in [-0.2, -0.15) is 0 Å². The van der Waals surface area contributed by atoms with Crippen molar-refractivity contribution in [3.63, 3.8) is 0 Å². The van der Waals surface area contributed by atoms with Gasteiger partial charge >= 0.3 is 0 Å². The van der Waals surface area contributed by atoms with Crippen LogP contribution in [0.25, 0.3) is 0 Å². The van der Waals surface area contributed by atoms with Crippen molar-refractivity contribution >= 4 is 5.91 Å². The summed E-state index contributed by atoms with van der Waals surface area (Å²) in [6.07, 6.45) is -1.35. The molecule has 0 aliphatic rings. The molecule has 0 aliphatic carbocycles. The first-order valence-electron chi connectivity index (χ1n) is 6.48. The third kappa shape index (κ3) is 3.98. The lowest BCUT2D eigenvalue weighted by atomic mass is 10.1. The van der Waals surface area contributed by atoms with Crippen LogP contribution in [0.3, 0.4) is 0 Å². The van der Waals surface area contributed by atoms with Crippen LogP contribution >= 0.6 is 0 Å². The van der Waals surface area contributed by atoms with Crippen molar-refractivity contribution in [2.24, 2.45) is 0 Å². The molecule has 0 aromatic heterocycles. The van der Waals surface area contributed by atoms with E-state index in [0.29, 0.717) is 6.54 Å². The van der Waals surface area contributed by atoms with E-state index in [-0.39, 0.29) is 18.0 Å². The van der Waals surface area contributed by atoms with Gasteiger partial charge in [0, 0.05) is 20.1 Å². The molecule has 1 aromatic rings. The number of aliphatic hydroxyl groups is 1. The predicted octanol–water partition coefficient (Wildman–Crippen LogP) is 1.45. The van der Waals surface area contributed by atoms with E-state index >= 15 is 0 Å². The number of carbonyl (C=O) groups excluding carboxylic acids is 1.